The molecule has 3 aromatic carbocycles. The molecule has 0 aromatic heterocycles. The Morgan fingerprint density at radius 1 is 0.508 bits per heavy atom. The van der Waals surface area contributed by atoms with Crippen LogP contribution in [0.15, 0.2) is 88.1 Å². The van der Waals surface area contributed by atoms with Crippen molar-refractivity contribution in [1.82, 2.24) is 37.1 Å². The lowest BCUT2D eigenvalue weighted by molar-refractivity contribution is 0.100. The number of rotatable bonds is 18. The molecule has 0 atom stereocenters. The maximum absolute atomic E-state index is 12.7. The van der Waals surface area contributed by atoms with Gasteiger partial charge in [-0.2, -0.15) is 5.10 Å². The molecule has 3 rings (SSSR count). The summed E-state index contributed by atoms with van der Waals surface area (Å²) in [4.78, 5) is 38.1. The van der Waals surface area contributed by atoms with Crippen LogP contribution in [0, 0.1) is 16.2 Å². The standard InChI is InChI=1S/C36H51N19O3.3ClH/c1-22(49-50-31(37)38)25-4-10-28(11-5-25)46-34(53-51-32(39)40)43-16-19-55(21-18-45-36(58)48-30-14-8-27(9-15-30)24(3)57)20-17-44-35(54-52-33(41)42)47-29-12-6-26(7-13-29)23(2)56;;;/h4-15H,16-21H2,1-3H3,(H4,37,38,50)(H4,39,40,51)(H4,41,42,52)(H2,43,46,53)(H2,44,47,54)(H2,45,48,58);3*1H. The number of urea groups is 1. The predicted octanol–water partition coefficient (Wildman–Crippen LogP) is 1.90. The summed E-state index contributed by atoms with van der Waals surface area (Å²) in [5.41, 5.74) is 27.9. The smallest absolute Gasteiger partial charge is 0.319 e. The van der Waals surface area contributed by atoms with Gasteiger partial charge in [0.1, 0.15) is 0 Å². The minimum Gasteiger partial charge on any atom is -0.369 e. The molecule has 0 bridgehead atoms. The van der Waals surface area contributed by atoms with Crippen LogP contribution in [-0.2, 0) is 0 Å². The van der Waals surface area contributed by atoms with Gasteiger partial charge in [0.05, 0.1) is 5.71 Å². The van der Waals surface area contributed by atoms with E-state index in [4.69, 9.17) is 33.4 Å². The molecule has 0 saturated carbocycles. The van der Waals surface area contributed by atoms with Crippen LogP contribution >= 0.6 is 37.2 Å². The lowest BCUT2D eigenvalue weighted by Crippen LogP contribution is -2.45. The van der Waals surface area contributed by atoms with Gasteiger partial charge in [0.25, 0.3) is 0 Å². The molecular weight excluding hydrogens is 853 g/mol. The second kappa shape index (κ2) is 28.5. The van der Waals surface area contributed by atoms with Gasteiger partial charge in [0, 0.05) is 67.5 Å². The van der Waals surface area contributed by atoms with Crippen molar-refractivity contribution in [3.63, 3.8) is 0 Å². The average molecular weight is 907 g/mol. The first kappa shape index (κ1) is 54.1. The van der Waals surface area contributed by atoms with E-state index in [2.05, 4.69) is 68.4 Å². The highest BCUT2D eigenvalue weighted by Crippen LogP contribution is 2.12. The van der Waals surface area contributed by atoms with Crippen molar-refractivity contribution in [2.75, 3.05) is 55.2 Å². The Labute approximate surface area is 371 Å². The summed E-state index contributed by atoms with van der Waals surface area (Å²) in [5.74, 6) is -0.634. The Kier molecular flexibility index (Phi) is 25.3. The predicted molar refractivity (Wildman–Crippen MR) is 250 cm³/mol. The van der Waals surface area contributed by atoms with Gasteiger partial charge in [-0.3, -0.25) is 30.7 Å². The number of nitrogens with zero attached hydrogens (tertiary/aromatic N) is 4. The van der Waals surface area contributed by atoms with Crippen molar-refractivity contribution in [1.29, 1.82) is 16.2 Å². The molecule has 0 aliphatic carbocycles. The van der Waals surface area contributed by atoms with Crippen molar-refractivity contribution in [3.8, 4) is 0 Å². The van der Waals surface area contributed by atoms with E-state index in [-0.39, 0.29) is 85.1 Å². The van der Waals surface area contributed by atoms with Crippen molar-refractivity contribution < 1.29 is 14.4 Å². The van der Waals surface area contributed by atoms with Crippen LogP contribution in [0.3, 0.4) is 0 Å². The van der Waals surface area contributed by atoms with Crippen LogP contribution in [0.2, 0.25) is 0 Å². The molecule has 0 fully saturated rings. The first-order chi connectivity index (χ1) is 27.7. The number of halogens is 3. The molecule has 0 spiro atoms. The Balaban J connectivity index is 0.0000120. The van der Waals surface area contributed by atoms with E-state index in [9.17, 15) is 14.4 Å². The summed E-state index contributed by atoms with van der Waals surface area (Å²) in [6.07, 6.45) is 0. The number of benzene rings is 3. The molecule has 0 saturated heterocycles. The molecule has 0 aliphatic rings. The first-order valence-electron chi connectivity index (χ1n) is 17.8. The molecular formula is C36H54Cl3N19O3. The van der Waals surface area contributed by atoms with Crippen LogP contribution < -0.4 is 65.4 Å². The number of hydrazone groups is 3. The Hall–Kier alpha value is -6.88. The topological polar surface area (TPSA) is 349 Å². The molecule has 3 aromatic rings. The molecule has 0 unspecified atom stereocenters. The summed E-state index contributed by atoms with van der Waals surface area (Å²) < 4.78 is 0. The third-order valence-corrected chi connectivity index (χ3v) is 7.74. The monoisotopic (exact) mass is 905 g/mol. The number of nitrogens with two attached hydrogens (primary N) is 3. The zero-order chi connectivity index (χ0) is 42.5. The second-order valence-corrected chi connectivity index (χ2v) is 12.4. The fourth-order valence-electron chi connectivity index (χ4n) is 4.81. The Morgan fingerprint density at radius 3 is 1.20 bits per heavy atom. The number of amides is 2. The molecule has 25 heteroatoms. The van der Waals surface area contributed by atoms with Gasteiger partial charge in [0.2, 0.25) is 29.8 Å². The molecule has 18 N–H and O–H groups in total. The highest BCUT2D eigenvalue weighted by molar-refractivity contribution is 6.01. The minimum atomic E-state index is -0.423. The third kappa shape index (κ3) is 21.6. The van der Waals surface area contributed by atoms with Crippen LogP contribution in [0.25, 0.3) is 0 Å². The van der Waals surface area contributed by atoms with Crippen molar-refractivity contribution in [3.05, 3.63) is 89.5 Å². The number of nitrogens with one attached hydrogen (secondary N) is 12. The highest BCUT2D eigenvalue weighted by Gasteiger charge is 2.11. The van der Waals surface area contributed by atoms with E-state index in [1.807, 2.05) is 12.1 Å². The van der Waals surface area contributed by atoms with Gasteiger partial charge in [-0.15, -0.1) is 47.4 Å². The summed E-state index contributed by atoms with van der Waals surface area (Å²) >= 11 is 0. The second-order valence-electron chi connectivity index (χ2n) is 12.4. The number of anilines is 3. The first-order valence-corrected chi connectivity index (χ1v) is 17.8. The normalized spacial score (nSPS) is 10.9. The zero-order valence-electron chi connectivity index (χ0n) is 33.6. The highest BCUT2D eigenvalue weighted by atomic mass is 35.5. The summed E-state index contributed by atoms with van der Waals surface area (Å²) in [5, 5.41) is 53.0. The third-order valence-electron chi connectivity index (χ3n) is 7.74. The zero-order valence-corrected chi connectivity index (χ0v) is 36.1. The molecule has 332 valence electrons. The fraction of sp³-hybridized carbons (Fsp3) is 0.250. The lowest BCUT2D eigenvalue weighted by atomic mass is 10.1. The summed E-state index contributed by atoms with van der Waals surface area (Å²) in [6, 6.07) is 20.2. The van der Waals surface area contributed by atoms with Crippen molar-refractivity contribution in [2.45, 2.75) is 20.8 Å². The minimum absolute atomic E-state index is 0. The Morgan fingerprint density at radius 2 is 0.836 bits per heavy atom. The van der Waals surface area contributed by atoms with Crippen LogP contribution in [0.4, 0.5) is 21.9 Å². The number of hydrogen-bond donors (Lipinski definition) is 15. The van der Waals surface area contributed by atoms with Gasteiger partial charge in [0.15, 0.2) is 11.6 Å². The fourth-order valence-corrected chi connectivity index (χ4v) is 4.81. The van der Waals surface area contributed by atoms with E-state index in [1.54, 1.807) is 67.6 Å². The van der Waals surface area contributed by atoms with Gasteiger partial charge in [-0.25, -0.2) is 21.1 Å². The maximum atomic E-state index is 12.7. The number of ketones is 2. The quantitative estimate of drug-likeness (QED) is 0.0375. The largest absolute Gasteiger partial charge is 0.369 e. The molecule has 61 heavy (non-hydrogen) atoms. The van der Waals surface area contributed by atoms with Gasteiger partial charge >= 0.3 is 6.03 Å². The van der Waals surface area contributed by atoms with Crippen LogP contribution in [0.1, 0.15) is 47.1 Å². The van der Waals surface area contributed by atoms with Crippen LogP contribution in [-0.4, -0.2) is 97.3 Å². The summed E-state index contributed by atoms with van der Waals surface area (Å²) in [7, 11) is 0. The summed E-state index contributed by atoms with van der Waals surface area (Å²) in [6.45, 7) is 7.02. The number of carbonyl (C=O) groups is 3. The molecule has 0 heterocycles. The molecule has 2 amide bonds. The van der Waals surface area contributed by atoms with Gasteiger partial charge < -0.3 is 49.1 Å². The van der Waals surface area contributed by atoms with E-state index >= 15 is 0 Å². The molecule has 0 radical (unpaired) electrons. The number of carbonyl (C=O) groups excluding carboxylic acids is 3. The van der Waals surface area contributed by atoms with E-state index in [0.29, 0.717) is 66.6 Å². The van der Waals surface area contributed by atoms with Crippen molar-refractivity contribution in [2.24, 2.45) is 32.5 Å². The van der Waals surface area contributed by atoms with Crippen molar-refractivity contribution >= 4 is 107 Å². The number of hydrogen-bond acceptors (Lipinski definition) is 10. The molecule has 0 aliphatic heterocycles. The lowest BCUT2D eigenvalue weighted by Gasteiger charge is -2.24. The van der Waals surface area contributed by atoms with E-state index in [1.165, 1.54) is 13.8 Å². The van der Waals surface area contributed by atoms with Gasteiger partial charge in [-0.1, -0.05) is 12.1 Å². The van der Waals surface area contributed by atoms with Gasteiger partial charge in [-0.05, 0) is 87.0 Å². The number of Topliss-reactive ketones (excluding diaryl/α,β-unsaturated/α-hetero) is 2. The maximum Gasteiger partial charge on any atom is 0.319 e. The average Bonchev–Trinajstić information content (AvgIpc) is 3.18. The number of guanidine groups is 5. The van der Waals surface area contributed by atoms with E-state index in [0.717, 1.165) is 5.56 Å². The Bertz CT molecular complexity index is 2000. The SMILES string of the molecule is CC(=O)c1ccc(NC(=O)NCCN(CCNC(=NNC(=N)N)Nc2ccc(C(C)=O)cc2)CCNC(=NNC(=N)N)Nc2ccc(C(C)=NNC(=N)N)cc2)cc1.Cl.Cl.Cl. The van der Waals surface area contributed by atoms with Crippen LogP contribution in [0.5, 0.6) is 0 Å². The molecule has 22 nitrogen and oxygen atoms in total. The van der Waals surface area contributed by atoms with E-state index < -0.39 is 6.03 Å².